The SMILES string of the molecule is Cc1cc(-c2ccccc2)ccc1CCOC(=O)O. The first-order chi connectivity index (χ1) is 9.16. The minimum atomic E-state index is -1.22. The molecule has 2 rings (SSSR count). The van der Waals surface area contributed by atoms with Crippen molar-refractivity contribution in [1.29, 1.82) is 0 Å². The van der Waals surface area contributed by atoms with Crippen molar-refractivity contribution in [2.75, 3.05) is 6.61 Å². The van der Waals surface area contributed by atoms with Crippen LogP contribution in [0.15, 0.2) is 48.5 Å². The third-order valence-electron chi connectivity index (χ3n) is 3.05. The Morgan fingerprint density at radius 2 is 1.84 bits per heavy atom. The maximum Gasteiger partial charge on any atom is 0.505 e. The molecule has 3 heteroatoms. The molecule has 1 N–H and O–H groups in total. The topological polar surface area (TPSA) is 46.5 Å². The summed E-state index contributed by atoms with van der Waals surface area (Å²) in [5.74, 6) is 0. The number of aryl methyl sites for hydroxylation is 1. The monoisotopic (exact) mass is 256 g/mol. The fraction of sp³-hybridized carbons (Fsp3) is 0.188. The van der Waals surface area contributed by atoms with Crippen LogP contribution in [0.5, 0.6) is 0 Å². The Morgan fingerprint density at radius 3 is 2.47 bits per heavy atom. The van der Waals surface area contributed by atoms with Crippen LogP contribution < -0.4 is 0 Å². The molecule has 2 aromatic rings. The second-order valence-electron chi connectivity index (χ2n) is 4.37. The summed E-state index contributed by atoms with van der Waals surface area (Å²) < 4.78 is 4.53. The number of carboxylic acid groups (broad SMARTS) is 1. The van der Waals surface area contributed by atoms with E-state index in [1.165, 1.54) is 11.1 Å². The summed E-state index contributed by atoms with van der Waals surface area (Å²) in [5.41, 5.74) is 4.61. The molecule has 0 fully saturated rings. The van der Waals surface area contributed by atoms with Gasteiger partial charge in [0.2, 0.25) is 0 Å². The first kappa shape index (κ1) is 13.1. The van der Waals surface area contributed by atoms with Gasteiger partial charge in [0.25, 0.3) is 0 Å². The van der Waals surface area contributed by atoms with Gasteiger partial charge in [-0.05, 0) is 29.2 Å². The number of hydrogen-bond donors (Lipinski definition) is 1. The van der Waals surface area contributed by atoms with E-state index in [4.69, 9.17) is 5.11 Å². The minimum Gasteiger partial charge on any atom is -0.450 e. The van der Waals surface area contributed by atoms with E-state index in [0.717, 1.165) is 11.1 Å². The third kappa shape index (κ3) is 3.58. The van der Waals surface area contributed by atoms with Gasteiger partial charge in [-0.25, -0.2) is 4.79 Å². The van der Waals surface area contributed by atoms with E-state index < -0.39 is 6.16 Å². The summed E-state index contributed by atoms with van der Waals surface area (Å²) in [5, 5.41) is 8.43. The number of hydrogen-bond acceptors (Lipinski definition) is 2. The van der Waals surface area contributed by atoms with Gasteiger partial charge in [0.1, 0.15) is 0 Å². The van der Waals surface area contributed by atoms with Crippen molar-refractivity contribution in [3.8, 4) is 11.1 Å². The van der Waals surface area contributed by atoms with Gasteiger partial charge in [0, 0.05) is 6.42 Å². The van der Waals surface area contributed by atoms with Gasteiger partial charge in [-0.1, -0.05) is 48.5 Å². The number of ether oxygens (including phenoxy) is 1. The van der Waals surface area contributed by atoms with Crippen LogP contribution >= 0.6 is 0 Å². The molecule has 98 valence electrons. The van der Waals surface area contributed by atoms with Crippen molar-refractivity contribution in [2.24, 2.45) is 0 Å². The number of carbonyl (C=O) groups is 1. The van der Waals surface area contributed by atoms with Gasteiger partial charge in [-0.2, -0.15) is 0 Å². The minimum absolute atomic E-state index is 0.195. The molecule has 0 aliphatic heterocycles. The van der Waals surface area contributed by atoms with Gasteiger partial charge in [0.15, 0.2) is 0 Å². The van der Waals surface area contributed by atoms with Crippen LogP contribution in [0.4, 0.5) is 4.79 Å². The molecule has 0 atom stereocenters. The fourth-order valence-electron chi connectivity index (χ4n) is 2.03. The smallest absolute Gasteiger partial charge is 0.450 e. The summed E-state index contributed by atoms with van der Waals surface area (Å²) in [7, 11) is 0. The van der Waals surface area contributed by atoms with Crippen LogP contribution in [0, 0.1) is 6.92 Å². The highest BCUT2D eigenvalue weighted by molar-refractivity contribution is 5.64. The van der Waals surface area contributed by atoms with Crippen molar-refractivity contribution in [3.05, 3.63) is 59.7 Å². The van der Waals surface area contributed by atoms with Gasteiger partial charge < -0.3 is 9.84 Å². The van der Waals surface area contributed by atoms with Crippen molar-refractivity contribution < 1.29 is 14.6 Å². The fourth-order valence-corrected chi connectivity index (χ4v) is 2.03. The lowest BCUT2D eigenvalue weighted by atomic mass is 9.99. The molecule has 3 nitrogen and oxygen atoms in total. The van der Waals surface area contributed by atoms with Crippen LogP contribution in [0.2, 0.25) is 0 Å². The molecule has 0 aliphatic rings. The second-order valence-corrected chi connectivity index (χ2v) is 4.37. The number of rotatable bonds is 4. The van der Waals surface area contributed by atoms with E-state index in [2.05, 4.69) is 29.0 Å². The van der Waals surface area contributed by atoms with Crippen LogP contribution in [-0.2, 0) is 11.2 Å². The molecule has 0 bridgehead atoms. The van der Waals surface area contributed by atoms with E-state index in [-0.39, 0.29) is 6.61 Å². The number of benzene rings is 2. The highest BCUT2D eigenvalue weighted by Crippen LogP contribution is 2.22. The van der Waals surface area contributed by atoms with E-state index in [9.17, 15) is 4.79 Å². The van der Waals surface area contributed by atoms with E-state index in [1.54, 1.807) is 0 Å². The predicted molar refractivity (Wildman–Crippen MR) is 74.3 cm³/mol. The zero-order valence-electron chi connectivity index (χ0n) is 10.8. The molecule has 0 aliphatic carbocycles. The van der Waals surface area contributed by atoms with E-state index in [0.29, 0.717) is 6.42 Å². The van der Waals surface area contributed by atoms with E-state index >= 15 is 0 Å². The molecule has 0 radical (unpaired) electrons. The first-order valence-corrected chi connectivity index (χ1v) is 6.17. The average molecular weight is 256 g/mol. The Labute approximate surface area is 112 Å². The Balaban J connectivity index is 2.11. The van der Waals surface area contributed by atoms with Crippen LogP contribution in [0.3, 0.4) is 0 Å². The molecule has 0 spiro atoms. The van der Waals surface area contributed by atoms with Gasteiger partial charge >= 0.3 is 6.16 Å². The lowest BCUT2D eigenvalue weighted by Gasteiger charge is -2.08. The summed E-state index contributed by atoms with van der Waals surface area (Å²) >= 11 is 0. The molecule has 19 heavy (non-hydrogen) atoms. The first-order valence-electron chi connectivity index (χ1n) is 6.17. The van der Waals surface area contributed by atoms with Crippen LogP contribution in [0.1, 0.15) is 11.1 Å². The molecular formula is C16H16O3. The maximum absolute atomic E-state index is 10.3. The zero-order chi connectivity index (χ0) is 13.7. The maximum atomic E-state index is 10.3. The Kier molecular flexibility index (Phi) is 4.18. The third-order valence-corrected chi connectivity index (χ3v) is 3.05. The highest BCUT2D eigenvalue weighted by atomic mass is 16.7. The predicted octanol–water partition coefficient (Wildman–Crippen LogP) is 3.90. The van der Waals surface area contributed by atoms with Crippen LogP contribution in [-0.4, -0.2) is 17.9 Å². The average Bonchev–Trinajstić information content (AvgIpc) is 2.41. The molecule has 0 unspecified atom stereocenters. The van der Waals surface area contributed by atoms with Crippen LogP contribution in [0.25, 0.3) is 11.1 Å². The van der Waals surface area contributed by atoms with Crippen molar-refractivity contribution in [3.63, 3.8) is 0 Å². The summed E-state index contributed by atoms with van der Waals surface area (Å²) in [6.07, 6.45) is -0.619. The Bertz CT molecular complexity index is 561. The molecule has 0 aromatic heterocycles. The zero-order valence-corrected chi connectivity index (χ0v) is 10.8. The largest absolute Gasteiger partial charge is 0.505 e. The van der Waals surface area contributed by atoms with Gasteiger partial charge in [-0.15, -0.1) is 0 Å². The van der Waals surface area contributed by atoms with Crippen molar-refractivity contribution in [1.82, 2.24) is 0 Å². The molecule has 0 saturated heterocycles. The molecular weight excluding hydrogens is 240 g/mol. The van der Waals surface area contributed by atoms with Gasteiger partial charge in [-0.3, -0.25) is 0 Å². The summed E-state index contributed by atoms with van der Waals surface area (Å²) in [6, 6.07) is 16.4. The van der Waals surface area contributed by atoms with Crippen molar-refractivity contribution >= 4 is 6.16 Å². The van der Waals surface area contributed by atoms with Gasteiger partial charge in [0.05, 0.1) is 6.61 Å². The molecule has 2 aromatic carbocycles. The second kappa shape index (κ2) is 6.05. The Hall–Kier alpha value is -2.29. The summed E-state index contributed by atoms with van der Waals surface area (Å²) in [4.78, 5) is 10.3. The normalized spacial score (nSPS) is 10.2. The molecule has 0 amide bonds. The molecule has 0 saturated carbocycles. The lowest BCUT2D eigenvalue weighted by Crippen LogP contribution is -2.05. The lowest BCUT2D eigenvalue weighted by molar-refractivity contribution is 0.0927. The van der Waals surface area contributed by atoms with Crippen molar-refractivity contribution in [2.45, 2.75) is 13.3 Å². The Morgan fingerprint density at radius 1 is 1.11 bits per heavy atom. The highest BCUT2D eigenvalue weighted by Gasteiger charge is 2.03. The summed E-state index contributed by atoms with van der Waals surface area (Å²) in [6.45, 7) is 2.23. The quantitative estimate of drug-likeness (QED) is 0.844. The standard InChI is InChI=1S/C16H16O3/c1-12-11-15(14-5-3-2-4-6-14)8-7-13(12)9-10-19-16(17)18/h2-8,11H,9-10H2,1H3,(H,17,18). The van der Waals surface area contributed by atoms with E-state index in [1.807, 2.05) is 31.2 Å². The molecule has 0 heterocycles.